The second kappa shape index (κ2) is 4.42. The summed E-state index contributed by atoms with van der Waals surface area (Å²) in [7, 11) is 0. The van der Waals surface area contributed by atoms with E-state index in [9.17, 15) is 0 Å². The highest BCUT2D eigenvalue weighted by atomic mass is 15.1. The Labute approximate surface area is 109 Å². The smallest absolute Gasteiger partial charge is 0.0960 e. The van der Waals surface area contributed by atoms with Crippen molar-refractivity contribution in [2.24, 2.45) is 5.92 Å². The lowest BCUT2D eigenvalue weighted by Crippen LogP contribution is -2.16. The van der Waals surface area contributed by atoms with Crippen molar-refractivity contribution in [3.05, 3.63) is 29.6 Å². The van der Waals surface area contributed by atoms with Crippen LogP contribution in [0.2, 0.25) is 0 Å². The van der Waals surface area contributed by atoms with Crippen molar-refractivity contribution in [2.75, 3.05) is 0 Å². The highest BCUT2D eigenvalue weighted by Crippen LogP contribution is 2.34. The maximum atomic E-state index is 4.58. The highest BCUT2D eigenvalue weighted by molar-refractivity contribution is 5.77. The zero-order valence-electron chi connectivity index (χ0n) is 11.6. The minimum absolute atomic E-state index is 0.660. The van der Waals surface area contributed by atoms with E-state index in [1.807, 2.05) is 6.33 Å². The van der Waals surface area contributed by atoms with Crippen molar-refractivity contribution in [1.29, 1.82) is 0 Å². The van der Waals surface area contributed by atoms with E-state index in [2.05, 4.69) is 42.5 Å². The molecule has 3 rings (SSSR count). The Kier molecular flexibility index (Phi) is 2.89. The number of fused-ring (bicyclic) bond motifs is 1. The van der Waals surface area contributed by atoms with Crippen LogP contribution >= 0.6 is 0 Å². The first-order chi connectivity index (χ1) is 8.65. The molecule has 1 aliphatic rings. The SMILES string of the molecule is Cc1cc2ncn(C3CCC(C)CC3)c2cc1C. The Morgan fingerprint density at radius 1 is 1.06 bits per heavy atom. The summed E-state index contributed by atoms with van der Waals surface area (Å²) in [4.78, 5) is 4.58. The van der Waals surface area contributed by atoms with Gasteiger partial charge in [-0.05, 0) is 68.7 Å². The van der Waals surface area contributed by atoms with Crippen LogP contribution in [0.4, 0.5) is 0 Å². The molecule has 18 heavy (non-hydrogen) atoms. The molecule has 2 aromatic rings. The molecule has 0 N–H and O–H groups in total. The zero-order valence-corrected chi connectivity index (χ0v) is 11.6. The minimum Gasteiger partial charge on any atom is -0.327 e. The Balaban J connectivity index is 1.99. The van der Waals surface area contributed by atoms with E-state index in [0.29, 0.717) is 6.04 Å². The van der Waals surface area contributed by atoms with Gasteiger partial charge >= 0.3 is 0 Å². The van der Waals surface area contributed by atoms with Crippen LogP contribution in [0.15, 0.2) is 18.5 Å². The average molecular weight is 242 g/mol. The first-order valence-corrected chi connectivity index (χ1v) is 7.09. The van der Waals surface area contributed by atoms with Gasteiger partial charge in [-0.3, -0.25) is 0 Å². The molecule has 0 spiro atoms. The van der Waals surface area contributed by atoms with Crippen molar-refractivity contribution < 1.29 is 0 Å². The lowest BCUT2D eigenvalue weighted by molar-refractivity contribution is 0.293. The largest absolute Gasteiger partial charge is 0.327 e. The summed E-state index contributed by atoms with van der Waals surface area (Å²) in [5, 5.41) is 0. The molecule has 0 radical (unpaired) electrons. The number of nitrogens with zero attached hydrogens (tertiary/aromatic N) is 2. The van der Waals surface area contributed by atoms with Crippen LogP contribution in [0, 0.1) is 19.8 Å². The fourth-order valence-electron chi connectivity index (χ4n) is 3.09. The maximum Gasteiger partial charge on any atom is 0.0960 e. The summed E-state index contributed by atoms with van der Waals surface area (Å²) in [6.07, 6.45) is 7.37. The lowest BCUT2D eigenvalue weighted by atomic mass is 9.87. The summed E-state index contributed by atoms with van der Waals surface area (Å²) in [5.41, 5.74) is 5.17. The molecule has 0 aliphatic heterocycles. The molecule has 2 nitrogen and oxygen atoms in total. The van der Waals surface area contributed by atoms with Crippen LogP contribution < -0.4 is 0 Å². The molecule has 1 fully saturated rings. The zero-order chi connectivity index (χ0) is 12.7. The Morgan fingerprint density at radius 3 is 2.44 bits per heavy atom. The topological polar surface area (TPSA) is 17.8 Å². The summed E-state index contributed by atoms with van der Waals surface area (Å²) in [5.74, 6) is 0.903. The normalized spacial score (nSPS) is 24.6. The monoisotopic (exact) mass is 242 g/mol. The molecule has 0 bridgehead atoms. The van der Waals surface area contributed by atoms with Crippen LogP contribution in [0.25, 0.3) is 11.0 Å². The standard InChI is InChI=1S/C16H22N2/c1-11-4-6-14(7-5-11)18-10-17-15-8-12(2)13(3)9-16(15)18/h8-11,14H,4-7H2,1-3H3. The molecule has 0 unspecified atom stereocenters. The van der Waals surface area contributed by atoms with Crippen LogP contribution in [0.1, 0.15) is 49.8 Å². The number of benzene rings is 1. The molecule has 0 amide bonds. The highest BCUT2D eigenvalue weighted by Gasteiger charge is 2.21. The number of hydrogen-bond donors (Lipinski definition) is 0. The van der Waals surface area contributed by atoms with Gasteiger partial charge in [-0.1, -0.05) is 6.92 Å². The number of aryl methyl sites for hydroxylation is 2. The van der Waals surface area contributed by atoms with E-state index in [4.69, 9.17) is 0 Å². The lowest BCUT2D eigenvalue weighted by Gasteiger charge is -2.27. The van der Waals surface area contributed by atoms with Crippen molar-refractivity contribution >= 4 is 11.0 Å². The third-order valence-electron chi connectivity index (χ3n) is 4.57. The van der Waals surface area contributed by atoms with E-state index in [1.54, 1.807) is 0 Å². The first kappa shape index (κ1) is 11.8. The van der Waals surface area contributed by atoms with Gasteiger partial charge in [0.2, 0.25) is 0 Å². The fourth-order valence-corrected chi connectivity index (χ4v) is 3.09. The molecular weight excluding hydrogens is 220 g/mol. The van der Waals surface area contributed by atoms with E-state index >= 15 is 0 Å². The van der Waals surface area contributed by atoms with Crippen molar-refractivity contribution in [1.82, 2.24) is 9.55 Å². The third-order valence-corrected chi connectivity index (χ3v) is 4.57. The molecular formula is C16H22N2. The second-order valence-electron chi connectivity index (χ2n) is 5.99. The number of aromatic nitrogens is 2. The molecule has 1 saturated carbocycles. The summed E-state index contributed by atoms with van der Waals surface area (Å²) >= 11 is 0. The van der Waals surface area contributed by atoms with Crippen LogP contribution in [0.3, 0.4) is 0 Å². The van der Waals surface area contributed by atoms with E-state index in [-0.39, 0.29) is 0 Å². The van der Waals surface area contributed by atoms with E-state index in [1.165, 1.54) is 42.3 Å². The quantitative estimate of drug-likeness (QED) is 0.724. The Morgan fingerprint density at radius 2 is 1.72 bits per heavy atom. The van der Waals surface area contributed by atoms with Crippen molar-refractivity contribution in [2.45, 2.75) is 52.5 Å². The van der Waals surface area contributed by atoms with Gasteiger partial charge in [-0.25, -0.2) is 4.98 Å². The minimum atomic E-state index is 0.660. The van der Waals surface area contributed by atoms with Crippen molar-refractivity contribution in [3.8, 4) is 0 Å². The van der Waals surface area contributed by atoms with Gasteiger partial charge in [-0.15, -0.1) is 0 Å². The molecule has 1 heterocycles. The van der Waals surface area contributed by atoms with Gasteiger partial charge in [0.15, 0.2) is 0 Å². The Hall–Kier alpha value is -1.31. The number of imidazole rings is 1. The van der Waals surface area contributed by atoms with Crippen LogP contribution in [-0.4, -0.2) is 9.55 Å². The summed E-state index contributed by atoms with van der Waals surface area (Å²) in [6.45, 7) is 6.72. The van der Waals surface area contributed by atoms with Gasteiger partial charge in [0.05, 0.1) is 17.4 Å². The summed E-state index contributed by atoms with van der Waals surface area (Å²) < 4.78 is 2.41. The molecule has 0 saturated heterocycles. The van der Waals surface area contributed by atoms with Gasteiger partial charge in [0.1, 0.15) is 0 Å². The van der Waals surface area contributed by atoms with Crippen LogP contribution in [0.5, 0.6) is 0 Å². The second-order valence-corrected chi connectivity index (χ2v) is 5.99. The van der Waals surface area contributed by atoms with Crippen LogP contribution in [-0.2, 0) is 0 Å². The predicted molar refractivity (Wildman–Crippen MR) is 75.9 cm³/mol. The van der Waals surface area contributed by atoms with Gasteiger partial charge in [0.25, 0.3) is 0 Å². The molecule has 1 aromatic heterocycles. The Bertz CT molecular complexity index is 560. The molecule has 2 heteroatoms. The maximum absolute atomic E-state index is 4.58. The molecule has 0 atom stereocenters. The fraction of sp³-hybridized carbons (Fsp3) is 0.562. The predicted octanol–water partition coefficient (Wildman–Crippen LogP) is 4.40. The molecule has 1 aliphatic carbocycles. The molecule has 96 valence electrons. The molecule has 1 aromatic carbocycles. The van der Waals surface area contributed by atoms with Gasteiger partial charge in [-0.2, -0.15) is 0 Å². The van der Waals surface area contributed by atoms with Gasteiger partial charge < -0.3 is 4.57 Å². The summed E-state index contributed by atoms with van der Waals surface area (Å²) in [6, 6.07) is 5.18. The third kappa shape index (κ3) is 1.94. The van der Waals surface area contributed by atoms with E-state index in [0.717, 1.165) is 11.4 Å². The number of rotatable bonds is 1. The van der Waals surface area contributed by atoms with E-state index < -0.39 is 0 Å². The van der Waals surface area contributed by atoms with Crippen molar-refractivity contribution in [3.63, 3.8) is 0 Å². The van der Waals surface area contributed by atoms with Gasteiger partial charge in [0, 0.05) is 6.04 Å². The first-order valence-electron chi connectivity index (χ1n) is 7.09. The number of hydrogen-bond acceptors (Lipinski definition) is 1. The average Bonchev–Trinajstić information content (AvgIpc) is 2.74.